The number of carbonyl (C=O) groups excluding carboxylic acids is 1. The third kappa shape index (κ3) is 5.90. The van der Waals surface area contributed by atoms with Gasteiger partial charge < -0.3 is 15.2 Å². The number of aryl methyl sites for hydroxylation is 1. The minimum Gasteiger partial charge on any atom is -0.497 e. The summed E-state index contributed by atoms with van der Waals surface area (Å²) in [5.74, 6) is -0.297. The fourth-order valence-electron chi connectivity index (χ4n) is 1.75. The number of aliphatic carboxylic acids is 1. The van der Waals surface area contributed by atoms with Crippen molar-refractivity contribution in [2.75, 3.05) is 7.11 Å². The summed E-state index contributed by atoms with van der Waals surface area (Å²) in [5, 5.41) is 11.3. The molecule has 0 saturated heterocycles. The molecule has 1 aromatic rings. The Labute approximate surface area is 112 Å². The number of hydrogen-bond donors (Lipinski definition) is 2. The normalized spacial score (nSPS) is 11.7. The van der Waals surface area contributed by atoms with E-state index >= 15 is 0 Å². The minimum atomic E-state index is -0.916. The number of rotatable bonds is 7. The van der Waals surface area contributed by atoms with Crippen LogP contribution in [0.1, 0.15) is 25.3 Å². The van der Waals surface area contributed by atoms with E-state index in [1.165, 1.54) is 0 Å². The Kier molecular flexibility index (Phi) is 5.85. The molecular weight excluding hydrogens is 246 g/mol. The zero-order chi connectivity index (χ0) is 14.3. The zero-order valence-electron chi connectivity index (χ0n) is 11.2. The summed E-state index contributed by atoms with van der Waals surface area (Å²) < 4.78 is 5.10. The number of amides is 1. The highest BCUT2D eigenvalue weighted by molar-refractivity contribution is 5.77. The molecule has 0 aromatic heterocycles. The fourth-order valence-corrected chi connectivity index (χ4v) is 1.75. The van der Waals surface area contributed by atoms with Crippen molar-refractivity contribution < 1.29 is 19.4 Å². The van der Waals surface area contributed by atoms with E-state index in [9.17, 15) is 9.59 Å². The molecule has 0 radical (unpaired) electrons. The molecule has 1 aromatic carbocycles. The summed E-state index contributed by atoms with van der Waals surface area (Å²) in [5.41, 5.74) is 1.01. The molecule has 0 heterocycles. The van der Waals surface area contributed by atoms with Gasteiger partial charge in [-0.15, -0.1) is 0 Å². The second-order valence-corrected chi connectivity index (χ2v) is 4.42. The molecule has 0 bridgehead atoms. The molecule has 0 aliphatic carbocycles. The van der Waals surface area contributed by atoms with E-state index in [4.69, 9.17) is 9.84 Å². The van der Waals surface area contributed by atoms with Gasteiger partial charge in [-0.3, -0.25) is 9.59 Å². The molecule has 0 aliphatic heterocycles. The monoisotopic (exact) mass is 265 g/mol. The SMILES string of the molecule is COc1cccc(CCC(=O)NC(C)CC(=O)O)c1. The van der Waals surface area contributed by atoms with Gasteiger partial charge in [0.1, 0.15) is 5.75 Å². The first kappa shape index (κ1) is 15.0. The Hall–Kier alpha value is -2.04. The quantitative estimate of drug-likeness (QED) is 0.785. The van der Waals surface area contributed by atoms with E-state index in [1.54, 1.807) is 14.0 Å². The minimum absolute atomic E-state index is 0.0646. The largest absolute Gasteiger partial charge is 0.497 e. The predicted molar refractivity (Wildman–Crippen MR) is 71.2 cm³/mol. The van der Waals surface area contributed by atoms with Crippen LogP contribution in [0.3, 0.4) is 0 Å². The van der Waals surface area contributed by atoms with Gasteiger partial charge in [0.2, 0.25) is 5.91 Å². The standard InChI is InChI=1S/C14H19NO4/c1-10(8-14(17)18)15-13(16)7-6-11-4-3-5-12(9-11)19-2/h3-5,9-10H,6-8H2,1-2H3,(H,15,16)(H,17,18). The van der Waals surface area contributed by atoms with Crippen molar-refractivity contribution in [3.63, 3.8) is 0 Å². The number of methoxy groups -OCH3 is 1. The van der Waals surface area contributed by atoms with Crippen molar-refractivity contribution in [3.05, 3.63) is 29.8 Å². The van der Waals surface area contributed by atoms with Gasteiger partial charge >= 0.3 is 5.97 Å². The molecule has 0 spiro atoms. The van der Waals surface area contributed by atoms with Crippen LogP contribution >= 0.6 is 0 Å². The van der Waals surface area contributed by atoms with Gasteiger partial charge in [0, 0.05) is 12.5 Å². The van der Waals surface area contributed by atoms with Crippen molar-refractivity contribution in [1.82, 2.24) is 5.32 Å². The van der Waals surface area contributed by atoms with E-state index in [1.807, 2.05) is 24.3 Å². The van der Waals surface area contributed by atoms with E-state index in [2.05, 4.69) is 5.32 Å². The maximum Gasteiger partial charge on any atom is 0.305 e. The van der Waals surface area contributed by atoms with Crippen LogP contribution in [-0.4, -0.2) is 30.1 Å². The first-order valence-electron chi connectivity index (χ1n) is 6.15. The molecule has 0 aliphatic rings. The van der Waals surface area contributed by atoms with E-state index in [0.717, 1.165) is 11.3 Å². The van der Waals surface area contributed by atoms with E-state index in [-0.39, 0.29) is 18.4 Å². The van der Waals surface area contributed by atoms with Gasteiger partial charge in [0.25, 0.3) is 0 Å². The molecule has 0 fully saturated rings. The molecular formula is C14H19NO4. The van der Waals surface area contributed by atoms with Crippen LogP contribution in [0.4, 0.5) is 0 Å². The maximum absolute atomic E-state index is 11.6. The average molecular weight is 265 g/mol. The van der Waals surface area contributed by atoms with Gasteiger partial charge in [0.15, 0.2) is 0 Å². The Balaban J connectivity index is 2.39. The molecule has 1 unspecified atom stereocenters. The summed E-state index contributed by atoms with van der Waals surface area (Å²) in [7, 11) is 1.60. The highest BCUT2D eigenvalue weighted by Crippen LogP contribution is 2.13. The second kappa shape index (κ2) is 7.41. The topological polar surface area (TPSA) is 75.6 Å². The maximum atomic E-state index is 11.6. The third-order valence-corrected chi connectivity index (χ3v) is 2.66. The lowest BCUT2D eigenvalue weighted by molar-refractivity contribution is -0.137. The van der Waals surface area contributed by atoms with Crippen LogP contribution in [0.5, 0.6) is 5.75 Å². The predicted octanol–water partition coefficient (Wildman–Crippen LogP) is 1.61. The highest BCUT2D eigenvalue weighted by Gasteiger charge is 2.10. The van der Waals surface area contributed by atoms with Crippen molar-refractivity contribution in [1.29, 1.82) is 0 Å². The van der Waals surface area contributed by atoms with Crippen molar-refractivity contribution in [3.8, 4) is 5.75 Å². The van der Waals surface area contributed by atoms with Crippen LogP contribution in [0.25, 0.3) is 0 Å². The third-order valence-electron chi connectivity index (χ3n) is 2.66. The Bertz CT molecular complexity index is 445. The fraction of sp³-hybridized carbons (Fsp3) is 0.429. The first-order chi connectivity index (χ1) is 9.01. The van der Waals surface area contributed by atoms with Gasteiger partial charge in [-0.1, -0.05) is 12.1 Å². The summed E-state index contributed by atoms with van der Waals surface area (Å²) in [6.45, 7) is 1.68. The van der Waals surface area contributed by atoms with Crippen molar-refractivity contribution >= 4 is 11.9 Å². The number of hydrogen-bond acceptors (Lipinski definition) is 3. The molecule has 19 heavy (non-hydrogen) atoms. The van der Waals surface area contributed by atoms with Crippen LogP contribution in [-0.2, 0) is 16.0 Å². The number of ether oxygens (including phenoxy) is 1. The molecule has 5 nitrogen and oxygen atoms in total. The molecule has 1 amide bonds. The van der Waals surface area contributed by atoms with Crippen LogP contribution in [0.2, 0.25) is 0 Å². The molecule has 104 valence electrons. The highest BCUT2D eigenvalue weighted by atomic mass is 16.5. The van der Waals surface area contributed by atoms with Crippen LogP contribution < -0.4 is 10.1 Å². The second-order valence-electron chi connectivity index (χ2n) is 4.42. The van der Waals surface area contributed by atoms with Crippen LogP contribution in [0.15, 0.2) is 24.3 Å². The summed E-state index contributed by atoms with van der Waals surface area (Å²) >= 11 is 0. The number of nitrogens with one attached hydrogen (secondary N) is 1. The zero-order valence-corrected chi connectivity index (χ0v) is 11.2. The lowest BCUT2D eigenvalue weighted by Crippen LogP contribution is -2.34. The van der Waals surface area contributed by atoms with Gasteiger partial charge in [-0.05, 0) is 31.0 Å². The lowest BCUT2D eigenvalue weighted by Gasteiger charge is -2.11. The number of carbonyl (C=O) groups is 2. The number of carboxylic acids is 1. The molecule has 1 atom stereocenters. The lowest BCUT2D eigenvalue weighted by atomic mass is 10.1. The molecule has 1 rings (SSSR count). The summed E-state index contributed by atoms with van der Waals surface area (Å²) in [6.07, 6.45) is 0.866. The Morgan fingerprint density at radius 1 is 1.42 bits per heavy atom. The molecule has 2 N–H and O–H groups in total. The summed E-state index contributed by atoms with van der Waals surface area (Å²) in [4.78, 5) is 22.1. The Morgan fingerprint density at radius 2 is 2.16 bits per heavy atom. The smallest absolute Gasteiger partial charge is 0.305 e. The number of carboxylic acid groups (broad SMARTS) is 1. The van der Waals surface area contributed by atoms with Crippen molar-refractivity contribution in [2.24, 2.45) is 0 Å². The molecule has 0 saturated carbocycles. The number of benzene rings is 1. The van der Waals surface area contributed by atoms with Crippen LogP contribution in [0, 0.1) is 0 Å². The van der Waals surface area contributed by atoms with Gasteiger partial charge in [-0.25, -0.2) is 0 Å². The molecule has 5 heteroatoms. The van der Waals surface area contributed by atoms with Crippen molar-refractivity contribution in [2.45, 2.75) is 32.2 Å². The van der Waals surface area contributed by atoms with Gasteiger partial charge in [0.05, 0.1) is 13.5 Å². The summed E-state index contributed by atoms with van der Waals surface area (Å²) in [6, 6.07) is 7.18. The average Bonchev–Trinajstić information content (AvgIpc) is 2.35. The first-order valence-corrected chi connectivity index (χ1v) is 6.15. The Morgan fingerprint density at radius 3 is 2.79 bits per heavy atom. The van der Waals surface area contributed by atoms with E-state index in [0.29, 0.717) is 12.8 Å². The van der Waals surface area contributed by atoms with E-state index < -0.39 is 5.97 Å². The van der Waals surface area contributed by atoms with Gasteiger partial charge in [-0.2, -0.15) is 0 Å².